The molecule has 0 spiro atoms. The van der Waals surface area contributed by atoms with E-state index in [1.54, 1.807) is 12.4 Å². The van der Waals surface area contributed by atoms with Crippen molar-refractivity contribution < 1.29 is 4.74 Å². The number of fused-ring (bicyclic) bond motifs is 2. The van der Waals surface area contributed by atoms with Gasteiger partial charge in [0.25, 0.3) is 5.56 Å². The number of anilines is 1. The number of ether oxygens (including phenoxy) is 1. The lowest BCUT2D eigenvalue weighted by Crippen LogP contribution is -2.26. The molecule has 3 aromatic rings. The SMILES string of the molecule is CN(Cc1ncc[nH]1)c1nc2c(c(=O)[nH]1)Cc1ccccc1OC2. The summed E-state index contributed by atoms with van der Waals surface area (Å²) in [6.07, 6.45) is 3.99. The van der Waals surface area contributed by atoms with Crippen molar-refractivity contribution in [3.63, 3.8) is 0 Å². The highest BCUT2D eigenvalue weighted by molar-refractivity contribution is 5.42. The summed E-state index contributed by atoms with van der Waals surface area (Å²) in [6, 6.07) is 7.76. The fourth-order valence-electron chi connectivity index (χ4n) is 2.83. The molecule has 0 atom stereocenters. The van der Waals surface area contributed by atoms with E-state index >= 15 is 0 Å². The number of nitrogens with one attached hydrogen (secondary N) is 2. The summed E-state index contributed by atoms with van der Waals surface area (Å²) in [7, 11) is 1.86. The van der Waals surface area contributed by atoms with Crippen LogP contribution >= 0.6 is 0 Å². The molecule has 0 aliphatic carbocycles. The van der Waals surface area contributed by atoms with Crippen LogP contribution < -0.4 is 15.2 Å². The lowest BCUT2D eigenvalue weighted by atomic mass is 10.1. The Kier molecular flexibility index (Phi) is 3.53. The zero-order valence-electron chi connectivity index (χ0n) is 13.2. The fraction of sp³-hybridized carbons (Fsp3) is 0.235. The molecule has 0 radical (unpaired) electrons. The monoisotopic (exact) mass is 323 g/mol. The minimum atomic E-state index is -0.124. The predicted octanol–water partition coefficient (Wildman–Crippen LogP) is 1.61. The molecular weight excluding hydrogens is 306 g/mol. The molecule has 0 unspecified atom stereocenters. The second-order valence-corrected chi connectivity index (χ2v) is 5.78. The number of H-pyrrole nitrogens is 2. The average Bonchev–Trinajstić information content (AvgIpc) is 3.01. The van der Waals surface area contributed by atoms with Gasteiger partial charge >= 0.3 is 0 Å². The lowest BCUT2D eigenvalue weighted by molar-refractivity contribution is 0.302. The first-order chi connectivity index (χ1) is 11.7. The maximum Gasteiger partial charge on any atom is 0.256 e. The molecule has 2 aromatic heterocycles. The molecular formula is C17H17N5O2. The van der Waals surface area contributed by atoms with Crippen LogP contribution in [0.4, 0.5) is 5.95 Å². The van der Waals surface area contributed by atoms with Crippen LogP contribution in [0.2, 0.25) is 0 Å². The Morgan fingerprint density at radius 3 is 3.04 bits per heavy atom. The highest BCUT2D eigenvalue weighted by Gasteiger charge is 2.20. The number of aromatic amines is 2. The van der Waals surface area contributed by atoms with Crippen LogP contribution in [0.25, 0.3) is 0 Å². The second kappa shape index (κ2) is 5.84. The number of nitrogens with zero attached hydrogens (tertiary/aromatic N) is 3. The molecule has 0 fully saturated rings. The van der Waals surface area contributed by atoms with E-state index in [0.29, 0.717) is 30.2 Å². The van der Waals surface area contributed by atoms with Crippen LogP contribution in [-0.2, 0) is 19.6 Å². The van der Waals surface area contributed by atoms with E-state index in [2.05, 4.69) is 19.9 Å². The van der Waals surface area contributed by atoms with Gasteiger partial charge in [0.15, 0.2) is 0 Å². The van der Waals surface area contributed by atoms with Gasteiger partial charge in [0, 0.05) is 31.4 Å². The molecule has 7 heteroatoms. The molecule has 1 aromatic carbocycles. The smallest absolute Gasteiger partial charge is 0.256 e. The Morgan fingerprint density at radius 2 is 2.21 bits per heavy atom. The maximum absolute atomic E-state index is 12.6. The normalized spacial score (nSPS) is 12.7. The molecule has 0 saturated carbocycles. The van der Waals surface area contributed by atoms with Gasteiger partial charge in [-0.25, -0.2) is 9.97 Å². The predicted molar refractivity (Wildman–Crippen MR) is 89.1 cm³/mol. The zero-order valence-corrected chi connectivity index (χ0v) is 13.2. The first kappa shape index (κ1) is 14.5. The van der Waals surface area contributed by atoms with Gasteiger partial charge in [-0.15, -0.1) is 0 Å². The summed E-state index contributed by atoms with van der Waals surface area (Å²) in [6.45, 7) is 0.813. The molecule has 122 valence electrons. The quantitative estimate of drug-likeness (QED) is 0.765. The Bertz CT molecular complexity index is 917. The van der Waals surface area contributed by atoms with E-state index in [4.69, 9.17) is 4.74 Å². The number of hydrogen-bond acceptors (Lipinski definition) is 5. The molecule has 4 rings (SSSR count). The van der Waals surface area contributed by atoms with Gasteiger partial charge in [0.1, 0.15) is 18.2 Å². The summed E-state index contributed by atoms with van der Waals surface area (Å²) >= 11 is 0. The van der Waals surface area contributed by atoms with E-state index in [9.17, 15) is 4.79 Å². The Hall–Kier alpha value is -3.09. The third-order valence-electron chi connectivity index (χ3n) is 4.10. The van der Waals surface area contributed by atoms with Crippen molar-refractivity contribution in [2.24, 2.45) is 0 Å². The van der Waals surface area contributed by atoms with Gasteiger partial charge in [-0.1, -0.05) is 18.2 Å². The number of para-hydroxylation sites is 1. The number of imidazole rings is 1. The number of aromatic nitrogens is 4. The van der Waals surface area contributed by atoms with E-state index in [1.165, 1.54) is 0 Å². The zero-order chi connectivity index (χ0) is 16.5. The van der Waals surface area contributed by atoms with Crippen molar-refractivity contribution in [1.82, 2.24) is 19.9 Å². The van der Waals surface area contributed by atoms with Gasteiger partial charge in [-0.3, -0.25) is 9.78 Å². The van der Waals surface area contributed by atoms with Gasteiger partial charge in [-0.05, 0) is 11.6 Å². The minimum absolute atomic E-state index is 0.124. The van der Waals surface area contributed by atoms with Crippen LogP contribution in [0.5, 0.6) is 5.75 Å². The van der Waals surface area contributed by atoms with E-state index in [1.807, 2.05) is 36.2 Å². The first-order valence-electron chi connectivity index (χ1n) is 7.73. The molecule has 3 heterocycles. The number of rotatable bonds is 3. The maximum atomic E-state index is 12.6. The van der Waals surface area contributed by atoms with Crippen molar-refractivity contribution in [2.75, 3.05) is 11.9 Å². The average molecular weight is 323 g/mol. The minimum Gasteiger partial charge on any atom is -0.487 e. The van der Waals surface area contributed by atoms with Crippen LogP contribution in [0.1, 0.15) is 22.6 Å². The molecule has 0 bridgehead atoms. The summed E-state index contributed by atoms with van der Waals surface area (Å²) in [5.41, 5.74) is 2.22. The fourth-order valence-corrected chi connectivity index (χ4v) is 2.83. The van der Waals surface area contributed by atoms with E-state index in [0.717, 1.165) is 17.1 Å². The van der Waals surface area contributed by atoms with Crippen molar-refractivity contribution in [3.05, 3.63) is 69.7 Å². The molecule has 1 aliphatic heterocycles. The van der Waals surface area contributed by atoms with Gasteiger partial charge in [0.2, 0.25) is 5.95 Å². The van der Waals surface area contributed by atoms with Crippen LogP contribution in [0.15, 0.2) is 41.5 Å². The molecule has 7 nitrogen and oxygen atoms in total. The van der Waals surface area contributed by atoms with Gasteiger partial charge in [0.05, 0.1) is 12.2 Å². The summed E-state index contributed by atoms with van der Waals surface area (Å²) in [5, 5.41) is 0. The summed E-state index contributed by atoms with van der Waals surface area (Å²) < 4.78 is 5.82. The summed E-state index contributed by atoms with van der Waals surface area (Å²) in [5.74, 6) is 2.11. The lowest BCUT2D eigenvalue weighted by Gasteiger charge is -2.17. The van der Waals surface area contributed by atoms with E-state index in [-0.39, 0.29) is 12.2 Å². The van der Waals surface area contributed by atoms with Crippen molar-refractivity contribution in [2.45, 2.75) is 19.6 Å². The van der Waals surface area contributed by atoms with Crippen LogP contribution in [-0.4, -0.2) is 27.0 Å². The molecule has 0 saturated heterocycles. The number of benzene rings is 1. The molecule has 24 heavy (non-hydrogen) atoms. The largest absolute Gasteiger partial charge is 0.487 e. The Labute approximate surface area is 138 Å². The third-order valence-corrected chi connectivity index (χ3v) is 4.10. The molecule has 2 N–H and O–H groups in total. The van der Waals surface area contributed by atoms with E-state index < -0.39 is 0 Å². The highest BCUT2D eigenvalue weighted by atomic mass is 16.5. The number of hydrogen-bond donors (Lipinski definition) is 2. The standard InChI is InChI=1S/C17H17N5O2/c1-22(9-15-18-6-7-19-15)17-20-13-10-24-14-5-3-2-4-11(14)8-12(13)16(23)21-17/h2-7H,8-10H2,1H3,(H,18,19)(H,20,21,23). The Morgan fingerprint density at radius 1 is 1.33 bits per heavy atom. The van der Waals surface area contributed by atoms with Crippen molar-refractivity contribution in [1.29, 1.82) is 0 Å². The first-order valence-corrected chi connectivity index (χ1v) is 7.73. The molecule has 1 aliphatic rings. The third kappa shape index (κ3) is 2.64. The van der Waals surface area contributed by atoms with Crippen LogP contribution in [0, 0.1) is 0 Å². The molecule has 0 amide bonds. The Balaban J connectivity index is 1.67. The van der Waals surface area contributed by atoms with Crippen molar-refractivity contribution >= 4 is 5.95 Å². The van der Waals surface area contributed by atoms with Crippen LogP contribution in [0.3, 0.4) is 0 Å². The highest BCUT2D eigenvalue weighted by Crippen LogP contribution is 2.26. The van der Waals surface area contributed by atoms with Crippen molar-refractivity contribution in [3.8, 4) is 5.75 Å². The van der Waals surface area contributed by atoms with Gasteiger partial charge in [-0.2, -0.15) is 0 Å². The summed E-state index contributed by atoms with van der Waals surface area (Å²) in [4.78, 5) is 29.1. The van der Waals surface area contributed by atoms with Gasteiger partial charge < -0.3 is 14.6 Å². The second-order valence-electron chi connectivity index (χ2n) is 5.78. The topological polar surface area (TPSA) is 86.9 Å².